The molecular weight excluding hydrogens is 380 g/mol. The molecule has 2 aromatic carbocycles. The molecule has 5 heteroatoms. The Balaban J connectivity index is 1.60. The van der Waals surface area contributed by atoms with Gasteiger partial charge in [-0.3, -0.25) is 13.9 Å². The van der Waals surface area contributed by atoms with Crippen LogP contribution in [0.1, 0.15) is 50.0 Å². The summed E-state index contributed by atoms with van der Waals surface area (Å²) in [6.07, 6.45) is 0.932. The average molecular weight is 413 g/mol. The standard InChI is InChI=1S/C24H32N2O2S/c1-18(2)29(28)21-12-10-20(11-13-21)23(27)25-22-14-15-26(17-24(22,3)4)16-19-8-6-5-7-9-19/h5-13,18,22H,14-17H2,1-4H3,(H,25,27)/t22-,29-/m1/s1. The van der Waals surface area contributed by atoms with E-state index in [1.807, 2.05) is 19.9 Å². The molecule has 0 spiro atoms. The van der Waals surface area contributed by atoms with E-state index in [0.717, 1.165) is 31.0 Å². The molecule has 0 aliphatic carbocycles. The number of carbonyl (C=O) groups is 1. The molecular formula is C24H32N2O2S. The summed E-state index contributed by atoms with van der Waals surface area (Å²) in [7, 11) is -1.03. The topological polar surface area (TPSA) is 49.4 Å². The molecule has 2 aromatic rings. The second-order valence-electron chi connectivity index (χ2n) is 8.87. The van der Waals surface area contributed by atoms with Gasteiger partial charge in [0.25, 0.3) is 5.91 Å². The van der Waals surface area contributed by atoms with Gasteiger partial charge in [0.15, 0.2) is 0 Å². The van der Waals surface area contributed by atoms with Crippen molar-refractivity contribution in [3.63, 3.8) is 0 Å². The molecule has 2 atom stereocenters. The van der Waals surface area contributed by atoms with Crippen LogP contribution in [0.5, 0.6) is 0 Å². The first kappa shape index (κ1) is 21.7. The number of rotatable bonds is 6. The Bertz CT molecular complexity index is 847. The van der Waals surface area contributed by atoms with E-state index in [1.54, 1.807) is 24.3 Å². The molecule has 0 radical (unpaired) electrons. The maximum Gasteiger partial charge on any atom is 0.251 e. The number of hydrogen-bond donors (Lipinski definition) is 1. The van der Waals surface area contributed by atoms with Crippen molar-refractivity contribution in [1.29, 1.82) is 0 Å². The van der Waals surface area contributed by atoms with E-state index >= 15 is 0 Å². The lowest BCUT2D eigenvalue weighted by Gasteiger charge is -2.44. The summed E-state index contributed by atoms with van der Waals surface area (Å²) in [4.78, 5) is 16.0. The molecule has 1 N–H and O–H groups in total. The van der Waals surface area contributed by atoms with E-state index in [-0.39, 0.29) is 22.6 Å². The third-order valence-corrected chi connectivity index (χ3v) is 7.23. The molecule has 29 heavy (non-hydrogen) atoms. The summed E-state index contributed by atoms with van der Waals surface area (Å²) in [5, 5.41) is 3.31. The van der Waals surface area contributed by atoms with Crippen LogP contribution in [0, 0.1) is 5.41 Å². The number of benzene rings is 2. The van der Waals surface area contributed by atoms with Gasteiger partial charge in [-0.1, -0.05) is 58.0 Å². The minimum atomic E-state index is -1.03. The molecule has 0 unspecified atom stereocenters. The summed E-state index contributed by atoms with van der Waals surface area (Å²) >= 11 is 0. The number of nitrogens with one attached hydrogen (secondary N) is 1. The van der Waals surface area contributed by atoms with Crippen molar-refractivity contribution in [1.82, 2.24) is 10.2 Å². The number of carbonyl (C=O) groups excluding carboxylic acids is 1. The minimum Gasteiger partial charge on any atom is -0.349 e. The molecule has 0 saturated carbocycles. The third-order valence-electron chi connectivity index (χ3n) is 5.64. The van der Waals surface area contributed by atoms with E-state index in [2.05, 4.69) is 48.3 Å². The lowest BCUT2D eigenvalue weighted by atomic mass is 9.78. The van der Waals surface area contributed by atoms with E-state index in [9.17, 15) is 9.00 Å². The van der Waals surface area contributed by atoms with Gasteiger partial charge in [0.05, 0.1) is 10.8 Å². The zero-order valence-corrected chi connectivity index (χ0v) is 18.7. The smallest absolute Gasteiger partial charge is 0.251 e. The predicted molar refractivity (Wildman–Crippen MR) is 119 cm³/mol. The third kappa shape index (κ3) is 5.55. The zero-order valence-electron chi connectivity index (χ0n) is 17.9. The van der Waals surface area contributed by atoms with Crippen molar-refractivity contribution in [3.05, 3.63) is 65.7 Å². The van der Waals surface area contributed by atoms with Gasteiger partial charge in [-0.15, -0.1) is 0 Å². The van der Waals surface area contributed by atoms with Crippen molar-refractivity contribution < 1.29 is 9.00 Å². The fourth-order valence-electron chi connectivity index (χ4n) is 3.97. The quantitative estimate of drug-likeness (QED) is 0.772. The Hall–Kier alpha value is -1.98. The number of piperidine rings is 1. The number of likely N-dealkylation sites (tertiary alicyclic amines) is 1. The minimum absolute atomic E-state index is 0.0121. The lowest BCUT2D eigenvalue weighted by molar-refractivity contribution is 0.0616. The van der Waals surface area contributed by atoms with Crippen molar-refractivity contribution in [2.24, 2.45) is 5.41 Å². The first-order valence-corrected chi connectivity index (χ1v) is 11.6. The van der Waals surface area contributed by atoms with Crippen LogP contribution in [0.2, 0.25) is 0 Å². The highest BCUT2D eigenvalue weighted by molar-refractivity contribution is 7.85. The van der Waals surface area contributed by atoms with Gasteiger partial charge in [-0.25, -0.2) is 0 Å². The fraction of sp³-hybridized carbons (Fsp3) is 0.458. The number of amides is 1. The molecule has 156 valence electrons. The normalized spacial score (nSPS) is 20.4. The van der Waals surface area contributed by atoms with Crippen LogP contribution < -0.4 is 5.32 Å². The Morgan fingerprint density at radius 1 is 1.14 bits per heavy atom. The number of hydrogen-bond acceptors (Lipinski definition) is 3. The summed E-state index contributed by atoms with van der Waals surface area (Å²) in [6.45, 7) is 11.2. The molecule has 1 aliphatic rings. The monoisotopic (exact) mass is 412 g/mol. The van der Waals surface area contributed by atoms with E-state index < -0.39 is 10.8 Å². The highest BCUT2D eigenvalue weighted by atomic mass is 32.2. The largest absolute Gasteiger partial charge is 0.349 e. The van der Waals surface area contributed by atoms with Crippen LogP contribution >= 0.6 is 0 Å². The predicted octanol–water partition coefficient (Wildman–Crippen LogP) is 4.23. The molecule has 1 aliphatic heterocycles. The van der Waals surface area contributed by atoms with Gasteiger partial charge >= 0.3 is 0 Å². The summed E-state index contributed by atoms with van der Waals surface area (Å²) in [5.74, 6) is -0.0542. The molecule has 1 amide bonds. The van der Waals surface area contributed by atoms with Gasteiger partial charge in [-0.2, -0.15) is 0 Å². The Labute approximate surface area is 177 Å². The Morgan fingerprint density at radius 3 is 2.38 bits per heavy atom. The van der Waals surface area contributed by atoms with Crippen LogP contribution in [-0.4, -0.2) is 39.4 Å². The van der Waals surface area contributed by atoms with E-state index in [4.69, 9.17) is 0 Å². The highest BCUT2D eigenvalue weighted by Gasteiger charge is 2.36. The Morgan fingerprint density at radius 2 is 1.79 bits per heavy atom. The molecule has 4 nitrogen and oxygen atoms in total. The lowest BCUT2D eigenvalue weighted by Crippen LogP contribution is -2.55. The second kappa shape index (κ2) is 9.23. The number of nitrogens with zero attached hydrogens (tertiary/aromatic N) is 1. The van der Waals surface area contributed by atoms with Gasteiger partial charge < -0.3 is 5.32 Å². The van der Waals surface area contributed by atoms with Crippen LogP contribution in [0.15, 0.2) is 59.5 Å². The van der Waals surface area contributed by atoms with Crippen molar-refractivity contribution in [2.75, 3.05) is 13.1 Å². The van der Waals surface area contributed by atoms with Crippen molar-refractivity contribution in [2.45, 2.75) is 56.8 Å². The first-order chi connectivity index (χ1) is 13.8. The summed E-state index contributed by atoms with van der Waals surface area (Å²) < 4.78 is 12.2. The second-order valence-corrected chi connectivity index (χ2v) is 10.9. The molecule has 1 fully saturated rings. The maximum atomic E-state index is 12.8. The van der Waals surface area contributed by atoms with E-state index in [1.165, 1.54) is 5.56 Å². The van der Waals surface area contributed by atoms with Gasteiger partial charge in [0.1, 0.15) is 0 Å². The molecule has 0 bridgehead atoms. The van der Waals surface area contributed by atoms with Crippen LogP contribution in [0.25, 0.3) is 0 Å². The Kier molecular flexibility index (Phi) is 6.91. The summed E-state index contributed by atoms with van der Waals surface area (Å²) in [6, 6.07) is 17.8. The van der Waals surface area contributed by atoms with Crippen molar-refractivity contribution in [3.8, 4) is 0 Å². The fourth-order valence-corrected chi connectivity index (χ4v) is 4.91. The van der Waals surface area contributed by atoms with Crippen LogP contribution in [-0.2, 0) is 17.3 Å². The van der Waals surface area contributed by atoms with Crippen LogP contribution in [0.3, 0.4) is 0 Å². The van der Waals surface area contributed by atoms with Gasteiger partial charge in [-0.05, 0) is 41.7 Å². The van der Waals surface area contributed by atoms with Gasteiger partial charge in [0.2, 0.25) is 0 Å². The van der Waals surface area contributed by atoms with E-state index in [0.29, 0.717) is 5.56 Å². The SMILES string of the molecule is CC(C)[S@@](=O)c1ccc(C(=O)N[C@@H]2CCN(Cc3ccccc3)CC2(C)C)cc1. The molecule has 3 rings (SSSR count). The van der Waals surface area contributed by atoms with Gasteiger partial charge in [0, 0.05) is 41.4 Å². The first-order valence-electron chi connectivity index (χ1n) is 10.3. The molecule has 0 aromatic heterocycles. The highest BCUT2D eigenvalue weighted by Crippen LogP contribution is 2.30. The molecule has 1 saturated heterocycles. The average Bonchev–Trinajstić information content (AvgIpc) is 2.70. The zero-order chi connectivity index (χ0) is 21.0. The van der Waals surface area contributed by atoms with Crippen LogP contribution in [0.4, 0.5) is 0 Å². The molecule has 1 heterocycles. The summed E-state index contributed by atoms with van der Waals surface area (Å²) in [5.41, 5.74) is 1.93. The van der Waals surface area contributed by atoms with Crippen molar-refractivity contribution >= 4 is 16.7 Å². The maximum absolute atomic E-state index is 12.8.